The van der Waals surface area contributed by atoms with E-state index >= 15 is 0 Å². The zero-order valence-electron chi connectivity index (χ0n) is 11.3. The molecule has 0 saturated heterocycles. The van der Waals surface area contributed by atoms with E-state index in [0.717, 1.165) is 44.4 Å². The van der Waals surface area contributed by atoms with Gasteiger partial charge in [-0.3, -0.25) is 4.98 Å². The van der Waals surface area contributed by atoms with Crippen LogP contribution in [0.2, 0.25) is 0 Å². The molecule has 104 valence electrons. The van der Waals surface area contributed by atoms with Crippen molar-refractivity contribution in [3.63, 3.8) is 0 Å². The number of nitrogens with two attached hydrogens (primary N) is 1. The molecule has 0 aliphatic carbocycles. The van der Waals surface area contributed by atoms with Crippen molar-refractivity contribution in [3.8, 4) is 0 Å². The van der Waals surface area contributed by atoms with Crippen molar-refractivity contribution < 1.29 is 4.42 Å². The number of hydrogen-bond donors (Lipinski definition) is 2. The third-order valence-corrected chi connectivity index (χ3v) is 3.26. The number of aromatic nitrogens is 1. The van der Waals surface area contributed by atoms with E-state index in [-0.39, 0.29) is 0 Å². The molecular weight excluding hydrogens is 242 g/mol. The normalized spacial score (nSPS) is 11.5. The maximum atomic E-state index is 11.1. The Bertz CT molecular complexity index is 573. The zero-order valence-corrected chi connectivity index (χ0v) is 11.3. The van der Waals surface area contributed by atoms with Crippen molar-refractivity contribution >= 4 is 11.1 Å². The van der Waals surface area contributed by atoms with Crippen LogP contribution in [0.15, 0.2) is 27.4 Å². The summed E-state index contributed by atoms with van der Waals surface area (Å²) in [5.41, 5.74) is 8.07. The third kappa shape index (κ3) is 3.94. The second kappa shape index (κ2) is 6.54. The van der Waals surface area contributed by atoms with E-state index in [9.17, 15) is 4.79 Å². The molecule has 1 aromatic heterocycles. The molecule has 0 bridgehead atoms. The summed E-state index contributed by atoms with van der Waals surface area (Å²) < 4.78 is 4.98. The summed E-state index contributed by atoms with van der Waals surface area (Å²) in [6, 6.07) is 5.83. The number of aromatic amines is 1. The molecule has 0 fully saturated rings. The first-order valence-electron chi connectivity index (χ1n) is 6.69. The molecule has 5 nitrogen and oxygen atoms in total. The molecule has 1 aromatic carbocycles. The highest BCUT2D eigenvalue weighted by atomic mass is 16.4. The fourth-order valence-corrected chi connectivity index (χ4v) is 2.11. The van der Waals surface area contributed by atoms with E-state index < -0.39 is 5.76 Å². The monoisotopic (exact) mass is 263 g/mol. The van der Waals surface area contributed by atoms with E-state index in [4.69, 9.17) is 10.2 Å². The Balaban J connectivity index is 1.88. The molecular formula is C14H21N3O2. The molecule has 1 heterocycles. The van der Waals surface area contributed by atoms with Gasteiger partial charge >= 0.3 is 5.76 Å². The maximum Gasteiger partial charge on any atom is 0.417 e. The maximum absolute atomic E-state index is 11.1. The van der Waals surface area contributed by atoms with Gasteiger partial charge in [0, 0.05) is 6.54 Å². The lowest BCUT2D eigenvalue weighted by atomic mass is 10.1. The van der Waals surface area contributed by atoms with Crippen molar-refractivity contribution in [2.45, 2.75) is 19.3 Å². The molecule has 0 aliphatic rings. The van der Waals surface area contributed by atoms with Gasteiger partial charge in [0.2, 0.25) is 0 Å². The van der Waals surface area contributed by atoms with Crippen LogP contribution in [0.3, 0.4) is 0 Å². The molecule has 0 unspecified atom stereocenters. The SMILES string of the molecule is CN(CCCCN)CCc1ccc2oc(=O)[nH]c2c1. The zero-order chi connectivity index (χ0) is 13.7. The smallest absolute Gasteiger partial charge is 0.408 e. The van der Waals surface area contributed by atoms with Gasteiger partial charge in [0.1, 0.15) is 0 Å². The van der Waals surface area contributed by atoms with Gasteiger partial charge in [-0.05, 0) is 57.1 Å². The number of hydrogen-bond acceptors (Lipinski definition) is 4. The Morgan fingerprint density at radius 3 is 2.95 bits per heavy atom. The van der Waals surface area contributed by atoms with Crippen LogP contribution in [0.4, 0.5) is 0 Å². The van der Waals surface area contributed by atoms with Crippen LogP contribution in [0.1, 0.15) is 18.4 Å². The molecule has 0 spiro atoms. The molecule has 5 heteroatoms. The van der Waals surface area contributed by atoms with Crippen LogP contribution in [0.5, 0.6) is 0 Å². The largest absolute Gasteiger partial charge is 0.417 e. The van der Waals surface area contributed by atoms with Crippen molar-refractivity contribution in [2.75, 3.05) is 26.7 Å². The van der Waals surface area contributed by atoms with Crippen LogP contribution in [0, 0.1) is 0 Å². The van der Waals surface area contributed by atoms with E-state index in [1.54, 1.807) is 0 Å². The Morgan fingerprint density at radius 1 is 1.32 bits per heavy atom. The predicted octanol–water partition coefficient (Wildman–Crippen LogP) is 1.33. The van der Waals surface area contributed by atoms with Crippen LogP contribution >= 0.6 is 0 Å². The number of fused-ring (bicyclic) bond motifs is 1. The molecule has 0 saturated carbocycles. The highest BCUT2D eigenvalue weighted by molar-refractivity contribution is 5.72. The highest BCUT2D eigenvalue weighted by Gasteiger charge is 2.03. The third-order valence-electron chi connectivity index (χ3n) is 3.26. The topological polar surface area (TPSA) is 75.3 Å². The standard InChI is InChI=1S/C14H21N3O2/c1-17(8-3-2-7-15)9-6-11-4-5-13-12(10-11)16-14(18)19-13/h4-5,10H,2-3,6-9,15H2,1H3,(H,16,18). The van der Waals surface area contributed by atoms with E-state index in [1.807, 2.05) is 18.2 Å². The summed E-state index contributed by atoms with van der Waals surface area (Å²) in [5, 5.41) is 0. The van der Waals surface area contributed by atoms with Crippen molar-refractivity contribution in [1.82, 2.24) is 9.88 Å². The van der Waals surface area contributed by atoms with Crippen LogP contribution in [-0.2, 0) is 6.42 Å². The summed E-state index contributed by atoms with van der Waals surface area (Å²) in [5.74, 6) is -0.397. The van der Waals surface area contributed by atoms with Gasteiger partial charge in [0.15, 0.2) is 5.58 Å². The number of nitrogens with one attached hydrogen (secondary N) is 1. The van der Waals surface area contributed by atoms with Crippen molar-refractivity contribution in [2.24, 2.45) is 5.73 Å². The fraction of sp³-hybridized carbons (Fsp3) is 0.500. The lowest BCUT2D eigenvalue weighted by Crippen LogP contribution is -2.23. The van der Waals surface area contributed by atoms with Gasteiger partial charge in [-0.25, -0.2) is 4.79 Å². The Hall–Kier alpha value is -1.59. The second-order valence-electron chi connectivity index (χ2n) is 4.89. The molecule has 19 heavy (non-hydrogen) atoms. The van der Waals surface area contributed by atoms with E-state index in [2.05, 4.69) is 16.9 Å². The van der Waals surface area contributed by atoms with E-state index in [1.165, 1.54) is 5.56 Å². The number of benzene rings is 1. The number of nitrogens with zero attached hydrogens (tertiary/aromatic N) is 1. The highest BCUT2D eigenvalue weighted by Crippen LogP contribution is 2.12. The second-order valence-corrected chi connectivity index (χ2v) is 4.89. The minimum atomic E-state index is -0.397. The molecule has 2 aromatic rings. The molecule has 3 N–H and O–H groups in total. The first-order valence-corrected chi connectivity index (χ1v) is 6.69. The Kier molecular flexibility index (Phi) is 4.76. The Labute approximate surface area is 112 Å². The summed E-state index contributed by atoms with van der Waals surface area (Å²) in [6.45, 7) is 2.83. The molecule has 0 atom stereocenters. The molecule has 0 aliphatic heterocycles. The van der Waals surface area contributed by atoms with Gasteiger partial charge in [-0.15, -0.1) is 0 Å². The van der Waals surface area contributed by atoms with Crippen LogP contribution < -0.4 is 11.5 Å². The minimum Gasteiger partial charge on any atom is -0.408 e. The average Bonchev–Trinajstić information content (AvgIpc) is 2.76. The summed E-state index contributed by atoms with van der Waals surface area (Å²) in [7, 11) is 2.12. The van der Waals surface area contributed by atoms with Gasteiger partial charge < -0.3 is 15.1 Å². The number of unbranched alkanes of at least 4 members (excludes halogenated alkanes) is 1. The summed E-state index contributed by atoms with van der Waals surface area (Å²) in [6.07, 6.45) is 3.18. The average molecular weight is 263 g/mol. The lowest BCUT2D eigenvalue weighted by molar-refractivity contribution is 0.331. The molecule has 0 radical (unpaired) electrons. The van der Waals surface area contributed by atoms with Gasteiger partial charge in [0.25, 0.3) is 0 Å². The van der Waals surface area contributed by atoms with Crippen molar-refractivity contribution in [3.05, 3.63) is 34.3 Å². The first kappa shape index (κ1) is 13.8. The quantitative estimate of drug-likeness (QED) is 0.739. The summed E-state index contributed by atoms with van der Waals surface area (Å²) >= 11 is 0. The molecule has 0 amide bonds. The number of rotatable bonds is 7. The van der Waals surface area contributed by atoms with Crippen LogP contribution in [-0.4, -0.2) is 36.6 Å². The predicted molar refractivity (Wildman–Crippen MR) is 76.3 cm³/mol. The van der Waals surface area contributed by atoms with Crippen LogP contribution in [0.25, 0.3) is 11.1 Å². The summed E-state index contributed by atoms with van der Waals surface area (Å²) in [4.78, 5) is 16.1. The van der Waals surface area contributed by atoms with Gasteiger partial charge in [-0.2, -0.15) is 0 Å². The molecule has 2 rings (SSSR count). The van der Waals surface area contributed by atoms with Crippen molar-refractivity contribution in [1.29, 1.82) is 0 Å². The first-order chi connectivity index (χ1) is 9.19. The number of likely N-dealkylation sites (N-methyl/N-ethyl adjacent to an activating group) is 1. The number of H-pyrrole nitrogens is 1. The number of oxazole rings is 1. The fourth-order valence-electron chi connectivity index (χ4n) is 2.11. The lowest BCUT2D eigenvalue weighted by Gasteiger charge is -2.16. The van der Waals surface area contributed by atoms with E-state index in [0.29, 0.717) is 5.58 Å². The minimum absolute atomic E-state index is 0.397. The van der Waals surface area contributed by atoms with Gasteiger partial charge in [-0.1, -0.05) is 6.07 Å². The Morgan fingerprint density at radius 2 is 2.16 bits per heavy atom. The van der Waals surface area contributed by atoms with Gasteiger partial charge in [0.05, 0.1) is 5.52 Å².